The van der Waals surface area contributed by atoms with Gasteiger partial charge < -0.3 is 19.5 Å². The van der Waals surface area contributed by atoms with Gasteiger partial charge in [0.05, 0.1) is 7.11 Å². The number of nitrogens with zero attached hydrogens (tertiary/aromatic N) is 5. The van der Waals surface area contributed by atoms with E-state index in [1.54, 1.807) is 18.4 Å². The molecule has 0 saturated heterocycles. The molecule has 0 fully saturated rings. The molecule has 0 aliphatic rings. The number of guanidine groups is 1. The molecule has 7 nitrogen and oxygen atoms in total. The molecule has 2 heterocycles. The zero-order chi connectivity index (χ0) is 20.6. The van der Waals surface area contributed by atoms with Gasteiger partial charge in [-0.25, -0.2) is 4.99 Å². The summed E-state index contributed by atoms with van der Waals surface area (Å²) >= 11 is 1.78. The molecule has 29 heavy (non-hydrogen) atoms. The molecule has 0 aliphatic carbocycles. The van der Waals surface area contributed by atoms with Crippen LogP contribution in [0.25, 0.3) is 0 Å². The first kappa shape index (κ1) is 20.9. The molecule has 0 radical (unpaired) electrons. The Hall–Kier alpha value is -2.87. The smallest absolute Gasteiger partial charge is 0.194 e. The first-order valence-electron chi connectivity index (χ1n) is 9.56. The number of thiophene rings is 1. The quantitative estimate of drug-likeness (QED) is 0.455. The molecule has 2 aromatic heterocycles. The molecule has 0 bridgehead atoms. The molecule has 0 saturated carbocycles. The highest BCUT2D eigenvalue weighted by molar-refractivity contribution is 7.09. The molecule has 8 heteroatoms. The van der Waals surface area contributed by atoms with Crippen LogP contribution in [-0.2, 0) is 26.6 Å². The Kier molecular flexibility index (Phi) is 7.24. The predicted octanol–water partition coefficient (Wildman–Crippen LogP) is 3.01. The lowest BCUT2D eigenvalue weighted by Gasteiger charge is -2.22. The predicted molar refractivity (Wildman–Crippen MR) is 117 cm³/mol. The number of ether oxygens (including phenoxy) is 1. The van der Waals surface area contributed by atoms with Crippen molar-refractivity contribution in [2.75, 3.05) is 20.7 Å². The fraction of sp³-hybridized carbons (Fsp3) is 0.381. The molecule has 0 amide bonds. The average molecular weight is 413 g/mol. The Bertz CT molecular complexity index is 917. The van der Waals surface area contributed by atoms with Gasteiger partial charge in [-0.3, -0.25) is 0 Å². The first-order chi connectivity index (χ1) is 14.1. The number of benzene rings is 1. The van der Waals surface area contributed by atoms with Crippen LogP contribution < -0.4 is 10.1 Å². The van der Waals surface area contributed by atoms with Crippen LogP contribution in [0.2, 0.25) is 0 Å². The monoisotopic (exact) mass is 412 g/mol. The van der Waals surface area contributed by atoms with E-state index in [0.29, 0.717) is 6.54 Å². The van der Waals surface area contributed by atoms with Crippen molar-refractivity contribution in [1.29, 1.82) is 0 Å². The second kappa shape index (κ2) is 10.1. The van der Waals surface area contributed by atoms with Gasteiger partial charge in [-0.05, 0) is 42.5 Å². The molecule has 1 aromatic carbocycles. The lowest BCUT2D eigenvalue weighted by atomic mass is 10.2. The number of hydrogen-bond acceptors (Lipinski definition) is 5. The van der Waals surface area contributed by atoms with E-state index in [0.717, 1.165) is 42.9 Å². The number of nitrogens with one attached hydrogen (secondary N) is 1. The highest BCUT2D eigenvalue weighted by Crippen LogP contribution is 2.13. The van der Waals surface area contributed by atoms with Crippen LogP contribution in [0.15, 0.2) is 46.8 Å². The number of aliphatic imine (C=N–C) groups is 1. The molecule has 0 spiro atoms. The topological polar surface area (TPSA) is 67.6 Å². The van der Waals surface area contributed by atoms with Gasteiger partial charge in [0.15, 0.2) is 11.8 Å². The second-order valence-electron chi connectivity index (χ2n) is 6.82. The third-order valence-corrected chi connectivity index (χ3v) is 5.66. The van der Waals surface area contributed by atoms with Crippen LogP contribution in [0.3, 0.4) is 0 Å². The summed E-state index contributed by atoms with van der Waals surface area (Å²) in [5.41, 5.74) is 1.19. The molecule has 1 N–H and O–H groups in total. The van der Waals surface area contributed by atoms with Gasteiger partial charge in [0.2, 0.25) is 0 Å². The number of hydrogen-bond donors (Lipinski definition) is 1. The molecular weight excluding hydrogens is 384 g/mol. The summed E-state index contributed by atoms with van der Waals surface area (Å²) in [6.45, 7) is 3.98. The zero-order valence-electron chi connectivity index (χ0n) is 17.4. The van der Waals surface area contributed by atoms with Gasteiger partial charge >= 0.3 is 0 Å². The molecule has 0 unspecified atom stereocenters. The maximum atomic E-state index is 5.25. The van der Waals surface area contributed by atoms with E-state index < -0.39 is 0 Å². The summed E-state index contributed by atoms with van der Waals surface area (Å²) in [5, 5.41) is 13.9. The Labute approximate surface area is 176 Å². The minimum atomic E-state index is 0.478. The van der Waals surface area contributed by atoms with Gasteiger partial charge in [0.25, 0.3) is 0 Å². The van der Waals surface area contributed by atoms with E-state index in [1.807, 2.05) is 37.7 Å². The van der Waals surface area contributed by atoms with Crippen LogP contribution >= 0.6 is 11.3 Å². The number of methoxy groups -OCH3 is 1. The van der Waals surface area contributed by atoms with Crippen molar-refractivity contribution in [2.24, 2.45) is 12.0 Å². The van der Waals surface area contributed by atoms with E-state index in [9.17, 15) is 0 Å². The third kappa shape index (κ3) is 5.80. The maximum absolute atomic E-state index is 5.25. The van der Waals surface area contributed by atoms with Crippen LogP contribution in [-0.4, -0.2) is 46.3 Å². The van der Waals surface area contributed by atoms with Crippen molar-refractivity contribution in [2.45, 2.75) is 26.4 Å². The van der Waals surface area contributed by atoms with Crippen molar-refractivity contribution in [3.8, 4) is 5.75 Å². The van der Waals surface area contributed by atoms with Crippen LogP contribution in [0.1, 0.15) is 22.1 Å². The van der Waals surface area contributed by atoms with Gasteiger partial charge in [0, 0.05) is 32.1 Å². The fourth-order valence-electron chi connectivity index (χ4n) is 2.88. The van der Waals surface area contributed by atoms with Gasteiger partial charge in [0.1, 0.15) is 18.1 Å². The summed E-state index contributed by atoms with van der Waals surface area (Å²) < 4.78 is 7.22. The van der Waals surface area contributed by atoms with Gasteiger partial charge in [-0.1, -0.05) is 18.2 Å². The van der Waals surface area contributed by atoms with E-state index in [2.05, 4.69) is 50.1 Å². The van der Waals surface area contributed by atoms with Crippen LogP contribution in [0, 0.1) is 6.92 Å². The van der Waals surface area contributed by atoms with Crippen LogP contribution in [0.4, 0.5) is 0 Å². The molecule has 0 atom stereocenters. The van der Waals surface area contributed by atoms with Crippen molar-refractivity contribution < 1.29 is 4.74 Å². The van der Waals surface area contributed by atoms with E-state index in [1.165, 1.54) is 10.4 Å². The normalized spacial score (nSPS) is 11.5. The number of rotatable bonds is 8. The maximum Gasteiger partial charge on any atom is 0.194 e. The van der Waals surface area contributed by atoms with Crippen LogP contribution in [0.5, 0.6) is 5.75 Å². The molecular formula is C21H28N6OS. The average Bonchev–Trinajstić information content (AvgIpc) is 3.36. The summed E-state index contributed by atoms with van der Waals surface area (Å²) in [4.78, 5) is 8.29. The zero-order valence-corrected chi connectivity index (χ0v) is 18.2. The highest BCUT2D eigenvalue weighted by atomic mass is 32.1. The van der Waals surface area contributed by atoms with Crippen molar-refractivity contribution in [3.63, 3.8) is 0 Å². The molecule has 154 valence electrons. The van der Waals surface area contributed by atoms with E-state index in [4.69, 9.17) is 9.73 Å². The number of aryl methyl sites for hydroxylation is 1. The van der Waals surface area contributed by atoms with Crippen molar-refractivity contribution in [3.05, 3.63) is 63.9 Å². The molecule has 3 aromatic rings. The highest BCUT2D eigenvalue weighted by Gasteiger charge is 2.10. The summed E-state index contributed by atoms with van der Waals surface area (Å²) in [7, 11) is 5.69. The lowest BCUT2D eigenvalue weighted by Crippen LogP contribution is -2.39. The molecule has 3 rings (SSSR count). The molecule has 0 aliphatic heterocycles. The minimum Gasteiger partial charge on any atom is -0.497 e. The SMILES string of the molecule is COc1ccc(CN(C)C(=NCc2nnc(C)n2C)NCCc2cccs2)cc1. The summed E-state index contributed by atoms with van der Waals surface area (Å²) in [6, 6.07) is 12.3. The Morgan fingerprint density at radius 3 is 2.66 bits per heavy atom. The number of aromatic nitrogens is 3. The van der Waals surface area contributed by atoms with E-state index in [-0.39, 0.29) is 0 Å². The first-order valence-corrected chi connectivity index (χ1v) is 10.4. The van der Waals surface area contributed by atoms with Gasteiger partial charge in [-0.15, -0.1) is 21.5 Å². The van der Waals surface area contributed by atoms with Gasteiger partial charge in [-0.2, -0.15) is 0 Å². The minimum absolute atomic E-state index is 0.478. The lowest BCUT2D eigenvalue weighted by molar-refractivity contribution is 0.414. The van der Waals surface area contributed by atoms with Crippen molar-refractivity contribution in [1.82, 2.24) is 25.0 Å². The summed E-state index contributed by atoms with van der Waals surface area (Å²) in [5.74, 6) is 3.43. The largest absolute Gasteiger partial charge is 0.497 e. The second-order valence-corrected chi connectivity index (χ2v) is 7.85. The third-order valence-electron chi connectivity index (χ3n) is 4.73. The van der Waals surface area contributed by atoms with Crippen molar-refractivity contribution >= 4 is 17.3 Å². The Morgan fingerprint density at radius 1 is 1.24 bits per heavy atom. The Balaban J connectivity index is 1.68. The fourth-order valence-corrected chi connectivity index (χ4v) is 3.59. The summed E-state index contributed by atoms with van der Waals surface area (Å²) in [6.07, 6.45) is 0.968. The van der Waals surface area contributed by atoms with E-state index >= 15 is 0 Å². The Morgan fingerprint density at radius 2 is 2.03 bits per heavy atom. The standard InChI is InChI=1S/C21H28N6OS/c1-16-24-25-20(27(16)3)14-23-21(22-12-11-19-6-5-13-29-19)26(2)15-17-7-9-18(28-4)10-8-17/h5-10,13H,11-12,14-15H2,1-4H3,(H,22,23).